The van der Waals surface area contributed by atoms with Gasteiger partial charge in [-0.2, -0.15) is 13.2 Å². The third kappa shape index (κ3) is 2.55. The molecule has 0 radical (unpaired) electrons. The van der Waals surface area contributed by atoms with Crippen LogP contribution in [0, 0.1) is 0 Å². The molecule has 1 aromatic rings. The third-order valence-corrected chi connectivity index (χ3v) is 2.97. The number of hydrogen-bond donors (Lipinski definition) is 0. The Balaban J connectivity index is 2.05. The first kappa shape index (κ1) is 11.5. The largest absolute Gasteiger partial charge is 0.404 e. The summed E-state index contributed by atoms with van der Waals surface area (Å²) in [4.78, 5) is 1.52. The van der Waals surface area contributed by atoms with Gasteiger partial charge in [0, 0.05) is 6.54 Å². The average molecular weight is 229 g/mol. The van der Waals surface area contributed by atoms with E-state index in [9.17, 15) is 13.2 Å². The van der Waals surface area contributed by atoms with Crippen molar-refractivity contribution in [1.82, 2.24) is 4.90 Å². The fourth-order valence-corrected chi connectivity index (χ4v) is 2.20. The lowest BCUT2D eigenvalue weighted by molar-refractivity contribution is -0.177. The quantitative estimate of drug-likeness (QED) is 0.752. The minimum Gasteiger partial charge on any atom is -0.288 e. The number of halogens is 3. The summed E-state index contributed by atoms with van der Waals surface area (Å²) in [6.45, 7) is 0.935. The molecule has 0 aromatic heterocycles. The molecule has 1 fully saturated rings. The van der Waals surface area contributed by atoms with Crippen molar-refractivity contribution in [2.45, 2.75) is 31.6 Å². The van der Waals surface area contributed by atoms with Gasteiger partial charge in [0.05, 0.1) is 0 Å². The van der Waals surface area contributed by atoms with Crippen molar-refractivity contribution in [3.8, 4) is 0 Å². The lowest BCUT2D eigenvalue weighted by Gasteiger charge is -2.26. The summed E-state index contributed by atoms with van der Waals surface area (Å²) in [6.07, 6.45) is -3.22. The topological polar surface area (TPSA) is 3.24 Å². The first-order valence-corrected chi connectivity index (χ1v) is 5.42. The van der Waals surface area contributed by atoms with Gasteiger partial charge in [0.1, 0.15) is 6.04 Å². The van der Waals surface area contributed by atoms with Crippen LogP contribution < -0.4 is 0 Å². The zero-order valence-corrected chi connectivity index (χ0v) is 8.87. The van der Waals surface area contributed by atoms with Crippen molar-refractivity contribution in [3.63, 3.8) is 0 Å². The van der Waals surface area contributed by atoms with Crippen LogP contribution >= 0.6 is 0 Å². The van der Waals surface area contributed by atoms with Gasteiger partial charge in [-0.15, -0.1) is 0 Å². The molecule has 1 aliphatic heterocycles. The van der Waals surface area contributed by atoms with Gasteiger partial charge < -0.3 is 0 Å². The van der Waals surface area contributed by atoms with E-state index in [-0.39, 0.29) is 6.42 Å². The highest BCUT2D eigenvalue weighted by Gasteiger charge is 2.45. The molecule has 0 aliphatic carbocycles. The van der Waals surface area contributed by atoms with E-state index in [1.165, 1.54) is 4.90 Å². The van der Waals surface area contributed by atoms with E-state index in [0.29, 0.717) is 19.5 Å². The van der Waals surface area contributed by atoms with Crippen molar-refractivity contribution in [2.24, 2.45) is 0 Å². The van der Waals surface area contributed by atoms with E-state index >= 15 is 0 Å². The van der Waals surface area contributed by atoms with Crippen molar-refractivity contribution in [3.05, 3.63) is 35.9 Å². The summed E-state index contributed by atoms with van der Waals surface area (Å²) in [5.74, 6) is 0. The van der Waals surface area contributed by atoms with E-state index in [4.69, 9.17) is 0 Å². The van der Waals surface area contributed by atoms with Crippen LogP contribution in [0.15, 0.2) is 30.3 Å². The number of likely N-dealkylation sites (tertiary alicyclic amines) is 1. The van der Waals surface area contributed by atoms with Gasteiger partial charge in [0.15, 0.2) is 0 Å². The van der Waals surface area contributed by atoms with Crippen LogP contribution in [0.4, 0.5) is 13.2 Å². The Labute approximate surface area is 92.9 Å². The standard InChI is InChI=1S/C12H14F3N/c13-12(14,15)11-7-4-8-16(11)9-10-5-2-1-3-6-10/h1-3,5-6,11H,4,7-9H2/t11-/m1/s1. The van der Waals surface area contributed by atoms with Crippen LogP contribution in [0.3, 0.4) is 0 Å². The minimum absolute atomic E-state index is 0.232. The molecule has 1 atom stereocenters. The highest BCUT2D eigenvalue weighted by atomic mass is 19.4. The fourth-order valence-electron chi connectivity index (χ4n) is 2.20. The van der Waals surface area contributed by atoms with E-state index in [0.717, 1.165) is 5.56 Å². The zero-order chi connectivity index (χ0) is 11.6. The van der Waals surface area contributed by atoms with E-state index < -0.39 is 12.2 Å². The Kier molecular flexibility index (Phi) is 3.19. The second kappa shape index (κ2) is 4.45. The number of hydrogen-bond acceptors (Lipinski definition) is 1. The van der Waals surface area contributed by atoms with Gasteiger partial charge in [-0.05, 0) is 24.9 Å². The lowest BCUT2D eigenvalue weighted by atomic mass is 10.2. The molecule has 16 heavy (non-hydrogen) atoms. The monoisotopic (exact) mass is 229 g/mol. The van der Waals surface area contributed by atoms with Gasteiger partial charge in [-0.3, -0.25) is 4.90 Å². The molecule has 0 N–H and O–H groups in total. The summed E-state index contributed by atoms with van der Waals surface area (Å²) >= 11 is 0. The third-order valence-electron chi connectivity index (χ3n) is 2.97. The van der Waals surface area contributed by atoms with Crippen molar-refractivity contribution >= 4 is 0 Å². The predicted molar refractivity (Wildman–Crippen MR) is 55.9 cm³/mol. The average Bonchev–Trinajstić information content (AvgIpc) is 2.67. The fraction of sp³-hybridized carbons (Fsp3) is 0.500. The van der Waals surface area contributed by atoms with Crippen LogP contribution in [0.5, 0.6) is 0 Å². The van der Waals surface area contributed by atoms with E-state index in [1.807, 2.05) is 30.3 Å². The Morgan fingerprint density at radius 3 is 2.50 bits per heavy atom. The molecule has 4 heteroatoms. The van der Waals surface area contributed by atoms with Crippen molar-refractivity contribution in [1.29, 1.82) is 0 Å². The second-order valence-electron chi connectivity index (χ2n) is 4.16. The molecular formula is C12H14F3N. The normalized spacial score (nSPS) is 22.6. The second-order valence-corrected chi connectivity index (χ2v) is 4.16. The molecule has 2 rings (SSSR count). The molecule has 1 saturated heterocycles. The van der Waals surface area contributed by atoms with Crippen molar-refractivity contribution < 1.29 is 13.2 Å². The van der Waals surface area contributed by atoms with Crippen LogP contribution in [0.25, 0.3) is 0 Å². The summed E-state index contributed by atoms with van der Waals surface area (Å²) in [6, 6.07) is 8.06. The Morgan fingerprint density at radius 1 is 1.19 bits per heavy atom. The van der Waals surface area contributed by atoms with Gasteiger partial charge >= 0.3 is 6.18 Å². The molecule has 0 amide bonds. The first-order chi connectivity index (χ1) is 7.57. The van der Waals surface area contributed by atoms with Gasteiger partial charge in [-0.25, -0.2) is 0 Å². The number of benzene rings is 1. The maximum Gasteiger partial charge on any atom is 0.404 e. The molecule has 88 valence electrons. The maximum atomic E-state index is 12.7. The minimum atomic E-state index is -4.09. The molecule has 1 aliphatic rings. The highest BCUT2D eigenvalue weighted by molar-refractivity contribution is 5.15. The summed E-state index contributed by atoms with van der Waals surface area (Å²) in [7, 11) is 0. The summed E-state index contributed by atoms with van der Waals surface area (Å²) in [5, 5.41) is 0. The van der Waals surface area contributed by atoms with Crippen LogP contribution in [-0.4, -0.2) is 23.7 Å². The number of alkyl halides is 3. The van der Waals surface area contributed by atoms with Crippen LogP contribution in [0.1, 0.15) is 18.4 Å². The van der Waals surface area contributed by atoms with Gasteiger partial charge in [0.25, 0.3) is 0 Å². The smallest absolute Gasteiger partial charge is 0.288 e. The zero-order valence-electron chi connectivity index (χ0n) is 8.87. The SMILES string of the molecule is FC(F)(F)[C@H]1CCCN1Cc1ccccc1. The lowest BCUT2D eigenvalue weighted by Crippen LogP contribution is -2.40. The van der Waals surface area contributed by atoms with Gasteiger partial charge in [-0.1, -0.05) is 30.3 Å². The van der Waals surface area contributed by atoms with Gasteiger partial charge in [0.2, 0.25) is 0 Å². The summed E-state index contributed by atoms with van der Waals surface area (Å²) in [5.41, 5.74) is 0.943. The molecule has 0 saturated carbocycles. The Hall–Kier alpha value is -1.03. The predicted octanol–water partition coefficient (Wildman–Crippen LogP) is 3.21. The number of nitrogens with zero attached hydrogens (tertiary/aromatic N) is 1. The highest BCUT2D eigenvalue weighted by Crippen LogP contribution is 2.33. The molecule has 0 spiro atoms. The van der Waals surface area contributed by atoms with E-state index in [1.54, 1.807) is 0 Å². The molecule has 1 heterocycles. The van der Waals surface area contributed by atoms with Crippen molar-refractivity contribution in [2.75, 3.05) is 6.54 Å². The van der Waals surface area contributed by atoms with Crippen LogP contribution in [0.2, 0.25) is 0 Å². The Morgan fingerprint density at radius 2 is 1.88 bits per heavy atom. The molecule has 1 nitrogen and oxygen atoms in total. The number of rotatable bonds is 2. The molecular weight excluding hydrogens is 215 g/mol. The molecule has 0 bridgehead atoms. The van der Waals surface area contributed by atoms with E-state index in [2.05, 4.69) is 0 Å². The first-order valence-electron chi connectivity index (χ1n) is 5.42. The maximum absolute atomic E-state index is 12.7. The van der Waals surface area contributed by atoms with Crippen LogP contribution in [-0.2, 0) is 6.54 Å². The molecule has 1 aromatic carbocycles. The molecule has 0 unspecified atom stereocenters. The summed E-state index contributed by atoms with van der Waals surface area (Å²) < 4.78 is 38.0. The Bertz CT molecular complexity index is 334.